The number of aromatic nitrogens is 1. The molecular formula is C16H22N2O. The van der Waals surface area contributed by atoms with E-state index in [2.05, 4.69) is 23.3 Å². The number of nitrogens with one attached hydrogen (secondary N) is 2. The van der Waals surface area contributed by atoms with Gasteiger partial charge in [0.1, 0.15) is 0 Å². The van der Waals surface area contributed by atoms with Crippen molar-refractivity contribution in [3.05, 3.63) is 33.7 Å². The first-order chi connectivity index (χ1) is 9.20. The van der Waals surface area contributed by atoms with Crippen LogP contribution in [0.15, 0.2) is 16.9 Å². The van der Waals surface area contributed by atoms with E-state index in [1.807, 2.05) is 0 Å². The normalized spacial score (nSPS) is 40.4. The lowest BCUT2D eigenvalue weighted by molar-refractivity contribution is 0.102. The molecule has 0 amide bonds. The van der Waals surface area contributed by atoms with Crippen molar-refractivity contribution in [3.8, 4) is 0 Å². The number of pyridine rings is 1. The summed E-state index contributed by atoms with van der Waals surface area (Å²) in [5.41, 5.74) is 2.68. The summed E-state index contributed by atoms with van der Waals surface area (Å²) < 4.78 is 0. The van der Waals surface area contributed by atoms with Crippen molar-refractivity contribution in [2.45, 2.75) is 44.6 Å². The molecule has 4 rings (SSSR count). The second-order valence-corrected chi connectivity index (χ2v) is 6.91. The Bertz CT molecular complexity index is 550. The SMILES string of the molecule is C[C@@H]1C[C@H]2Cc3[nH]c(=O)ccc3[C@H]3CN[C@@H](C1)[C@@H]2C3. The maximum Gasteiger partial charge on any atom is 0.248 e. The third kappa shape index (κ3) is 1.86. The van der Waals surface area contributed by atoms with Crippen LogP contribution in [0.3, 0.4) is 0 Å². The number of hydrogen-bond donors (Lipinski definition) is 2. The molecule has 2 fully saturated rings. The van der Waals surface area contributed by atoms with Crippen molar-refractivity contribution in [1.29, 1.82) is 0 Å². The predicted molar refractivity (Wildman–Crippen MR) is 75.3 cm³/mol. The molecule has 0 radical (unpaired) electrons. The van der Waals surface area contributed by atoms with Crippen molar-refractivity contribution < 1.29 is 0 Å². The van der Waals surface area contributed by atoms with Gasteiger partial charge in [0.15, 0.2) is 0 Å². The number of H-pyrrole nitrogens is 1. The monoisotopic (exact) mass is 258 g/mol. The molecule has 1 aromatic heterocycles. The molecule has 1 saturated carbocycles. The van der Waals surface area contributed by atoms with Crippen LogP contribution in [-0.2, 0) is 6.42 Å². The van der Waals surface area contributed by atoms with E-state index in [0.29, 0.717) is 12.0 Å². The molecule has 5 atom stereocenters. The third-order valence-corrected chi connectivity index (χ3v) is 5.61. The first kappa shape index (κ1) is 11.7. The number of aromatic amines is 1. The molecule has 2 heterocycles. The quantitative estimate of drug-likeness (QED) is 0.748. The lowest BCUT2D eigenvalue weighted by Gasteiger charge is -2.45. The van der Waals surface area contributed by atoms with E-state index in [1.54, 1.807) is 6.07 Å². The minimum absolute atomic E-state index is 0.0589. The van der Waals surface area contributed by atoms with Crippen LogP contribution in [0.4, 0.5) is 0 Å². The number of fused-ring (bicyclic) bond motifs is 3. The predicted octanol–water partition coefficient (Wildman–Crippen LogP) is 2.04. The van der Waals surface area contributed by atoms with E-state index < -0.39 is 0 Å². The highest BCUT2D eigenvalue weighted by Crippen LogP contribution is 2.46. The van der Waals surface area contributed by atoms with Gasteiger partial charge in [-0.25, -0.2) is 0 Å². The van der Waals surface area contributed by atoms with E-state index in [-0.39, 0.29) is 5.56 Å². The fourth-order valence-corrected chi connectivity index (χ4v) is 4.84. The first-order valence-corrected chi connectivity index (χ1v) is 7.66. The standard InChI is InChI=1S/C16H22N2O/c1-9-4-10-7-15-12(2-3-16(19)18-15)11-6-13(10)14(5-9)17-8-11/h2-3,9-11,13-14,17H,4-8H2,1H3,(H,18,19)/t9-,10+,11-,13-,14+/m1/s1. The molecule has 0 spiro atoms. The highest BCUT2D eigenvalue weighted by atomic mass is 16.1. The maximum atomic E-state index is 11.6. The van der Waals surface area contributed by atoms with Gasteiger partial charge in [-0.15, -0.1) is 0 Å². The van der Waals surface area contributed by atoms with Gasteiger partial charge >= 0.3 is 0 Å². The van der Waals surface area contributed by atoms with Gasteiger partial charge in [0.05, 0.1) is 0 Å². The van der Waals surface area contributed by atoms with Crippen LogP contribution in [0.2, 0.25) is 0 Å². The molecule has 19 heavy (non-hydrogen) atoms. The Balaban J connectivity index is 1.79. The van der Waals surface area contributed by atoms with Crippen molar-refractivity contribution in [2.24, 2.45) is 17.8 Å². The molecule has 3 nitrogen and oxygen atoms in total. The molecule has 2 bridgehead atoms. The van der Waals surface area contributed by atoms with Gasteiger partial charge in [0, 0.05) is 24.3 Å². The summed E-state index contributed by atoms with van der Waals surface area (Å²) in [6.45, 7) is 3.46. The lowest BCUT2D eigenvalue weighted by atomic mass is 9.67. The van der Waals surface area contributed by atoms with Crippen LogP contribution in [-0.4, -0.2) is 17.6 Å². The molecular weight excluding hydrogens is 236 g/mol. The smallest absolute Gasteiger partial charge is 0.248 e. The minimum atomic E-state index is 0.0589. The van der Waals surface area contributed by atoms with Crippen LogP contribution in [0.5, 0.6) is 0 Å². The molecule has 2 N–H and O–H groups in total. The highest BCUT2D eigenvalue weighted by molar-refractivity contribution is 5.28. The van der Waals surface area contributed by atoms with E-state index in [0.717, 1.165) is 30.7 Å². The van der Waals surface area contributed by atoms with Gasteiger partial charge in [0.25, 0.3) is 0 Å². The van der Waals surface area contributed by atoms with Crippen molar-refractivity contribution in [1.82, 2.24) is 10.3 Å². The lowest BCUT2D eigenvalue weighted by Crippen LogP contribution is -2.50. The van der Waals surface area contributed by atoms with Crippen LogP contribution in [0.1, 0.15) is 43.4 Å². The topological polar surface area (TPSA) is 44.9 Å². The van der Waals surface area contributed by atoms with E-state index in [1.165, 1.54) is 30.5 Å². The Labute approximate surface area is 113 Å². The second kappa shape index (κ2) is 4.20. The average Bonchev–Trinajstić information content (AvgIpc) is 2.51. The van der Waals surface area contributed by atoms with Gasteiger partial charge < -0.3 is 10.3 Å². The zero-order valence-corrected chi connectivity index (χ0v) is 11.5. The summed E-state index contributed by atoms with van der Waals surface area (Å²) in [5.74, 6) is 2.98. The molecule has 3 heteroatoms. The van der Waals surface area contributed by atoms with Crippen LogP contribution >= 0.6 is 0 Å². The van der Waals surface area contributed by atoms with E-state index >= 15 is 0 Å². The van der Waals surface area contributed by atoms with Crippen LogP contribution in [0, 0.1) is 17.8 Å². The molecule has 102 valence electrons. The highest BCUT2D eigenvalue weighted by Gasteiger charge is 2.43. The Morgan fingerprint density at radius 1 is 1.21 bits per heavy atom. The Kier molecular flexibility index (Phi) is 2.59. The fourth-order valence-electron chi connectivity index (χ4n) is 4.84. The molecule has 0 unspecified atom stereocenters. The summed E-state index contributed by atoms with van der Waals surface area (Å²) in [7, 11) is 0. The van der Waals surface area contributed by atoms with Gasteiger partial charge in [-0.3, -0.25) is 4.79 Å². The molecule has 3 aliphatic rings. The minimum Gasteiger partial charge on any atom is -0.326 e. The summed E-state index contributed by atoms with van der Waals surface area (Å²) in [5, 5.41) is 3.79. The Morgan fingerprint density at radius 2 is 2.11 bits per heavy atom. The van der Waals surface area contributed by atoms with E-state index in [4.69, 9.17) is 0 Å². The van der Waals surface area contributed by atoms with E-state index in [9.17, 15) is 4.79 Å². The number of rotatable bonds is 0. The second-order valence-electron chi connectivity index (χ2n) is 6.91. The summed E-state index contributed by atoms with van der Waals surface area (Å²) in [6, 6.07) is 4.48. The Morgan fingerprint density at radius 3 is 3.00 bits per heavy atom. The first-order valence-electron chi connectivity index (χ1n) is 7.66. The largest absolute Gasteiger partial charge is 0.326 e. The number of piperidine rings is 1. The molecule has 0 aromatic carbocycles. The van der Waals surface area contributed by atoms with Crippen LogP contribution in [0.25, 0.3) is 0 Å². The molecule has 2 aliphatic carbocycles. The van der Waals surface area contributed by atoms with Gasteiger partial charge in [0.2, 0.25) is 5.56 Å². The van der Waals surface area contributed by atoms with Crippen molar-refractivity contribution in [3.63, 3.8) is 0 Å². The number of hydrogen-bond acceptors (Lipinski definition) is 2. The van der Waals surface area contributed by atoms with Crippen molar-refractivity contribution >= 4 is 0 Å². The third-order valence-electron chi connectivity index (χ3n) is 5.61. The summed E-state index contributed by atoms with van der Waals surface area (Å²) in [6.07, 6.45) is 5.05. The molecule has 1 aromatic rings. The van der Waals surface area contributed by atoms with Gasteiger partial charge in [-0.2, -0.15) is 0 Å². The van der Waals surface area contributed by atoms with Crippen LogP contribution < -0.4 is 10.9 Å². The zero-order chi connectivity index (χ0) is 13.0. The van der Waals surface area contributed by atoms with Crippen molar-refractivity contribution in [2.75, 3.05) is 6.54 Å². The summed E-state index contributed by atoms with van der Waals surface area (Å²) >= 11 is 0. The Hall–Kier alpha value is -1.09. The van der Waals surface area contributed by atoms with Gasteiger partial charge in [-0.1, -0.05) is 13.0 Å². The van der Waals surface area contributed by atoms with Gasteiger partial charge in [-0.05, 0) is 54.9 Å². The molecule has 1 saturated heterocycles. The average molecular weight is 258 g/mol. The maximum absolute atomic E-state index is 11.6. The molecule has 1 aliphatic heterocycles. The fraction of sp³-hybridized carbons (Fsp3) is 0.688. The zero-order valence-electron chi connectivity index (χ0n) is 11.5. The summed E-state index contributed by atoms with van der Waals surface area (Å²) in [4.78, 5) is 14.7.